The van der Waals surface area contributed by atoms with Crippen molar-refractivity contribution in [2.45, 2.75) is 85.5 Å². The van der Waals surface area contributed by atoms with Crippen LogP contribution < -0.4 is 4.90 Å². The molecular formula is C30H43FN6O. The van der Waals surface area contributed by atoms with Crippen LogP contribution in [0.5, 0.6) is 0 Å². The van der Waals surface area contributed by atoms with Crippen LogP contribution in [-0.2, 0) is 4.79 Å². The number of aryl methyl sites for hydroxylation is 1. The fraction of sp³-hybridized carbons (Fsp3) is 0.600. The number of carbonyl (C=O) groups is 1. The van der Waals surface area contributed by atoms with Crippen LogP contribution in [0.1, 0.15) is 90.1 Å². The Bertz CT molecular complexity index is 1220. The van der Waals surface area contributed by atoms with Crippen LogP contribution in [0.3, 0.4) is 0 Å². The molecule has 0 saturated carbocycles. The summed E-state index contributed by atoms with van der Waals surface area (Å²) < 4.78 is 15.5. The quantitative estimate of drug-likeness (QED) is 0.307. The number of rotatable bonds is 10. The van der Waals surface area contributed by atoms with Crippen LogP contribution >= 0.6 is 0 Å². The van der Waals surface area contributed by atoms with Crippen molar-refractivity contribution in [1.82, 2.24) is 24.6 Å². The Labute approximate surface area is 226 Å². The van der Waals surface area contributed by atoms with Gasteiger partial charge in [-0.1, -0.05) is 47.0 Å². The van der Waals surface area contributed by atoms with Crippen molar-refractivity contribution in [3.05, 3.63) is 41.6 Å². The van der Waals surface area contributed by atoms with Crippen molar-refractivity contribution in [3.63, 3.8) is 0 Å². The summed E-state index contributed by atoms with van der Waals surface area (Å²) in [6.45, 7) is 13.7. The molecule has 2 aromatic heterocycles. The Morgan fingerprint density at radius 3 is 2.45 bits per heavy atom. The highest BCUT2D eigenvalue weighted by molar-refractivity contribution is 5.91. The van der Waals surface area contributed by atoms with Crippen molar-refractivity contribution in [3.8, 4) is 5.69 Å². The number of carbonyl (C=O) groups excluding carboxylic acids is 1. The highest BCUT2D eigenvalue weighted by Crippen LogP contribution is 2.32. The number of aromatic nitrogens is 4. The predicted octanol–water partition coefficient (Wildman–Crippen LogP) is 6.42. The minimum atomic E-state index is -0.279. The molecule has 3 aromatic rings. The van der Waals surface area contributed by atoms with Gasteiger partial charge in [0.25, 0.3) is 0 Å². The van der Waals surface area contributed by atoms with Gasteiger partial charge in [0.15, 0.2) is 5.65 Å². The first-order valence-electron chi connectivity index (χ1n) is 14.4. The molecule has 1 amide bonds. The molecule has 206 valence electrons. The molecule has 0 unspecified atom stereocenters. The molecule has 0 aliphatic carbocycles. The molecule has 0 spiro atoms. The number of fused-ring (bicyclic) bond motifs is 1. The van der Waals surface area contributed by atoms with Crippen LogP contribution in [0.4, 0.5) is 10.2 Å². The summed E-state index contributed by atoms with van der Waals surface area (Å²) in [4.78, 5) is 27.9. The second-order valence-corrected chi connectivity index (χ2v) is 10.7. The number of nitrogens with zero attached hydrogens (tertiary/aromatic N) is 6. The van der Waals surface area contributed by atoms with E-state index in [9.17, 15) is 9.18 Å². The first kappa shape index (κ1) is 28.0. The summed E-state index contributed by atoms with van der Waals surface area (Å²) in [7, 11) is 0. The Morgan fingerprint density at radius 1 is 1.00 bits per heavy atom. The number of unbranched alkanes of at least 4 members (excludes halogenated alkanes) is 1. The van der Waals surface area contributed by atoms with E-state index in [1.807, 2.05) is 11.6 Å². The maximum atomic E-state index is 13.7. The average molecular weight is 523 g/mol. The zero-order chi connectivity index (χ0) is 27.2. The van der Waals surface area contributed by atoms with Crippen LogP contribution in [-0.4, -0.2) is 56.7 Å². The van der Waals surface area contributed by atoms with E-state index in [-0.39, 0.29) is 17.7 Å². The second-order valence-electron chi connectivity index (χ2n) is 10.7. The van der Waals surface area contributed by atoms with Gasteiger partial charge in [-0.05, 0) is 56.9 Å². The lowest BCUT2D eigenvalue weighted by molar-refractivity contribution is -0.135. The monoisotopic (exact) mass is 522 g/mol. The van der Waals surface area contributed by atoms with Gasteiger partial charge in [0.05, 0.1) is 16.8 Å². The molecule has 1 saturated heterocycles. The molecule has 4 rings (SSSR count). The number of amides is 1. The summed E-state index contributed by atoms with van der Waals surface area (Å²) in [6.07, 6.45) is 7.01. The van der Waals surface area contributed by atoms with Crippen molar-refractivity contribution in [1.29, 1.82) is 0 Å². The Hall–Kier alpha value is -3.03. The van der Waals surface area contributed by atoms with E-state index < -0.39 is 0 Å². The summed E-state index contributed by atoms with van der Waals surface area (Å²) >= 11 is 0. The van der Waals surface area contributed by atoms with Gasteiger partial charge in [0.2, 0.25) is 5.91 Å². The molecule has 7 nitrogen and oxygen atoms in total. The summed E-state index contributed by atoms with van der Waals surface area (Å²) in [5.41, 5.74) is 2.37. The lowest BCUT2D eigenvalue weighted by atomic mass is 9.97. The van der Waals surface area contributed by atoms with Gasteiger partial charge in [-0.25, -0.2) is 19.0 Å². The number of benzene rings is 1. The molecule has 38 heavy (non-hydrogen) atoms. The van der Waals surface area contributed by atoms with Crippen LogP contribution in [0, 0.1) is 18.7 Å². The predicted molar refractivity (Wildman–Crippen MR) is 151 cm³/mol. The lowest BCUT2D eigenvalue weighted by Gasteiger charge is -2.26. The first-order chi connectivity index (χ1) is 18.4. The number of hydrogen-bond donors (Lipinski definition) is 0. The van der Waals surface area contributed by atoms with E-state index in [4.69, 9.17) is 15.1 Å². The molecule has 1 aliphatic heterocycles. The van der Waals surface area contributed by atoms with Crippen molar-refractivity contribution in [2.24, 2.45) is 5.92 Å². The number of halogens is 1. The Kier molecular flexibility index (Phi) is 9.34. The largest absolute Gasteiger partial charge is 0.354 e. The average Bonchev–Trinajstić information content (AvgIpc) is 3.08. The van der Waals surface area contributed by atoms with E-state index >= 15 is 0 Å². The van der Waals surface area contributed by atoms with Crippen LogP contribution in [0.2, 0.25) is 0 Å². The van der Waals surface area contributed by atoms with E-state index in [1.54, 1.807) is 12.1 Å². The molecule has 1 aromatic carbocycles. The van der Waals surface area contributed by atoms with Crippen molar-refractivity contribution >= 4 is 22.8 Å². The minimum Gasteiger partial charge on any atom is -0.354 e. The third kappa shape index (κ3) is 6.00. The molecule has 0 bridgehead atoms. The standard InChI is InChI=1S/C30H43FN6O/c1-6-9-12-23(8-3)30(38)36-18-10-17-35(19-20-36)28-26-22(5)34-37(25-15-13-24(31)14-16-25)29(26)33-27(32-28)21(4)11-7-2/h13-16,21,23H,6-12,17-20H2,1-5H3/t21-,23-/m0/s1. The molecule has 0 radical (unpaired) electrons. The van der Waals surface area contributed by atoms with Crippen LogP contribution in [0.15, 0.2) is 24.3 Å². The topological polar surface area (TPSA) is 67.2 Å². The van der Waals surface area contributed by atoms with E-state index in [0.717, 1.165) is 98.6 Å². The normalized spacial score (nSPS) is 16.1. The fourth-order valence-electron chi connectivity index (χ4n) is 5.51. The Balaban J connectivity index is 1.70. The fourth-order valence-corrected chi connectivity index (χ4v) is 5.51. The van der Waals surface area contributed by atoms with Gasteiger partial charge in [0.1, 0.15) is 17.5 Å². The number of anilines is 1. The van der Waals surface area contributed by atoms with Crippen molar-refractivity contribution < 1.29 is 9.18 Å². The van der Waals surface area contributed by atoms with Gasteiger partial charge >= 0.3 is 0 Å². The van der Waals surface area contributed by atoms with E-state index in [0.29, 0.717) is 12.5 Å². The molecule has 1 aliphatic rings. The van der Waals surface area contributed by atoms with Gasteiger partial charge in [-0.2, -0.15) is 5.10 Å². The minimum absolute atomic E-state index is 0.116. The zero-order valence-corrected chi connectivity index (χ0v) is 23.7. The molecular weight excluding hydrogens is 479 g/mol. The second kappa shape index (κ2) is 12.7. The molecule has 0 N–H and O–H groups in total. The molecule has 1 fully saturated rings. The third-order valence-corrected chi connectivity index (χ3v) is 7.79. The van der Waals surface area contributed by atoms with Crippen molar-refractivity contribution in [2.75, 3.05) is 31.1 Å². The highest BCUT2D eigenvalue weighted by Gasteiger charge is 2.28. The zero-order valence-electron chi connectivity index (χ0n) is 23.7. The third-order valence-electron chi connectivity index (χ3n) is 7.79. The molecule has 3 heterocycles. The van der Waals surface area contributed by atoms with Gasteiger partial charge in [-0.3, -0.25) is 4.79 Å². The lowest BCUT2D eigenvalue weighted by Crippen LogP contribution is -2.39. The van der Waals surface area contributed by atoms with Crippen LogP contribution in [0.25, 0.3) is 16.7 Å². The van der Waals surface area contributed by atoms with Gasteiger partial charge in [0, 0.05) is 38.0 Å². The van der Waals surface area contributed by atoms with E-state index in [1.165, 1.54) is 12.1 Å². The first-order valence-corrected chi connectivity index (χ1v) is 14.4. The number of hydrogen-bond acceptors (Lipinski definition) is 5. The van der Waals surface area contributed by atoms with E-state index in [2.05, 4.69) is 37.5 Å². The summed E-state index contributed by atoms with van der Waals surface area (Å²) in [6, 6.07) is 6.36. The van der Waals surface area contributed by atoms with Gasteiger partial charge in [-0.15, -0.1) is 0 Å². The maximum absolute atomic E-state index is 13.7. The maximum Gasteiger partial charge on any atom is 0.225 e. The smallest absolute Gasteiger partial charge is 0.225 e. The SMILES string of the molecule is CCCC[C@H](CC)C(=O)N1CCCN(c2nc([C@@H](C)CCC)nc3c2c(C)nn3-c2ccc(F)cc2)CC1. The molecule has 2 atom stereocenters. The summed E-state index contributed by atoms with van der Waals surface area (Å²) in [5, 5.41) is 5.75. The Morgan fingerprint density at radius 2 is 1.76 bits per heavy atom. The highest BCUT2D eigenvalue weighted by atomic mass is 19.1. The summed E-state index contributed by atoms with van der Waals surface area (Å²) in [5.74, 6) is 2.04. The van der Waals surface area contributed by atoms with Gasteiger partial charge < -0.3 is 9.80 Å². The molecule has 8 heteroatoms.